The molecule has 0 aliphatic rings. The lowest BCUT2D eigenvalue weighted by Gasteiger charge is -2.07. The Morgan fingerprint density at radius 1 is 0.630 bits per heavy atom. The summed E-state index contributed by atoms with van der Waals surface area (Å²) in [7, 11) is 0. The van der Waals surface area contributed by atoms with Crippen molar-refractivity contribution in [3.63, 3.8) is 0 Å². The first-order chi connectivity index (χ1) is 13.3. The number of halogens is 1. The molecule has 0 spiro atoms. The first-order valence-corrected chi connectivity index (χ1v) is 10.4. The van der Waals surface area contributed by atoms with Crippen LogP contribution in [-0.2, 0) is 0 Å². The van der Waals surface area contributed by atoms with Gasteiger partial charge < -0.3 is 4.42 Å². The Morgan fingerprint density at radius 3 is 2.33 bits per heavy atom. The van der Waals surface area contributed by atoms with Gasteiger partial charge in [0.05, 0.1) is 0 Å². The molecule has 0 amide bonds. The van der Waals surface area contributed by atoms with E-state index in [4.69, 9.17) is 4.42 Å². The predicted octanol–water partition coefficient (Wildman–Crippen LogP) is 8.38. The first kappa shape index (κ1) is 15.4. The van der Waals surface area contributed by atoms with Gasteiger partial charge in [0.2, 0.25) is 0 Å². The lowest BCUT2D eigenvalue weighted by atomic mass is 9.97. The third kappa shape index (κ3) is 2.16. The molecule has 0 radical (unpaired) electrons. The highest BCUT2D eigenvalue weighted by molar-refractivity contribution is 9.10. The van der Waals surface area contributed by atoms with Crippen LogP contribution in [0.15, 0.2) is 87.8 Å². The monoisotopic (exact) mass is 428 g/mol. The molecule has 0 saturated heterocycles. The molecule has 128 valence electrons. The SMILES string of the molecule is Brc1ccc(-c2cccc3sc4ccccc4c23)c2oc3ccccc3c12. The van der Waals surface area contributed by atoms with Crippen molar-refractivity contribution in [2.45, 2.75) is 0 Å². The van der Waals surface area contributed by atoms with E-state index in [1.54, 1.807) is 0 Å². The van der Waals surface area contributed by atoms with Gasteiger partial charge in [0, 0.05) is 41.0 Å². The normalized spacial score (nSPS) is 11.9. The Kier molecular flexibility index (Phi) is 3.25. The highest BCUT2D eigenvalue weighted by Gasteiger charge is 2.17. The zero-order chi connectivity index (χ0) is 18.0. The molecule has 1 nitrogen and oxygen atoms in total. The van der Waals surface area contributed by atoms with Gasteiger partial charge in [-0.2, -0.15) is 0 Å². The molecule has 2 aromatic heterocycles. The van der Waals surface area contributed by atoms with Crippen LogP contribution >= 0.6 is 27.3 Å². The van der Waals surface area contributed by atoms with Crippen LogP contribution in [0.25, 0.3) is 53.2 Å². The van der Waals surface area contributed by atoms with Crippen LogP contribution in [0.4, 0.5) is 0 Å². The smallest absolute Gasteiger partial charge is 0.144 e. The highest BCUT2D eigenvalue weighted by atomic mass is 79.9. The molecule has 2 heterocycles. The van der Waals surface area contributed by atoms with Crippen LogP contribution in [-0.4, -0.2) is 0 Å². The maximum Gasteiger partial charge on any atom is 0.144 e. The van der Waals surface area contributed by atoms with E-state index in [9.17, 15) is 0 Å². The number of thiophene rings is 1. The van der Waals surface area contributed by atoms with E-state index in [1.165, 1.54) is 25.7 Å². The quantitative estimate of drug-likeness (QED) is 0.256. The standard InChI is InChI=1S/C24H13BrOS/c25-18-13-12-15(24-23(18)16-6-1-3-9-19(16)26-24)14-8-5-11-21-22(14)17-7-2-4-10-20(17)27-21/h1-13H. The van der Waals surface area contributed by atoms with Gasteiger partial charge in [0.1, 0.15) is 11.2 Å². The average molecular weight is 429 g/mol. The fourth-order valence-corrected chi connectivity index (χ4v) is 5.66. The van der Waals surface area contributed by atoms with E-state index in [1.807, 2.05) is 23.5 Å². The highest BCUT2D eigenvalue weighted by Crippen LogP contribution is 2.44. The van der Waals surface area contributed by atoms with Crippen molar-refractivity contribution in [1.29, 1.82) is 0 Å². The fourth-order valence-electron chi connectivity index (χ4n) is 4.00. The molecular weight excluding hydrogens is 416 g/mol. The summed E-state index contributed by atoms with van der Waals surface area (Å²) in [6.07, 6.45) is 0. The Balaban J connectivity index is 1.80. The zero-order valence-electron chi connectivity index (χ0n) is 14.2. The summed E-state index contributed by atoms with van der Waals surface area (Å²) < 4.78 is 10.0. The summed E-state index contributed by atoms with van der Waals surface area (Å²) in [5.41, 5.74) is 4.22. The number of benzene rings is 4. The number of para-hydroxylation sites is 1. The van der Waals surface area contributed by atoms with Crippen LogP contribution in [0.1, 0.15) is 0 Å². The van der Waals surface area contributed by atoms with Crippen molar-refractivity contribution in [1.82, 2.24) is 0 Å². The number of furan rings is 1. The summed E-state index contributed by atoms with van der Waals surface area (Å²) in [6.45, 7) is 0. The largest absolute Gasteiger partial charge is 0.455 e. The Morgan fingerprint density at radius 2 is 1.41 bits per heavy atom. The average Bonchev–Trinajstić information content (AvgIpc) is 3.27. The van der Waals surface area contributed by atoms with Crippen molar-refractivity contribution < 1.29 is 4.42 Å². The minimum atomic E-state index is 0.919. The van der Waals surface area contributed by atoms with E-state index in [0.29, 0.717) is 0 Å². The molecule has 0 bridgehead atoms. The second kappa shape index (κ2) is 5.69. The molecule has 0 unspecified atom stereocenters. The van der Waals surface area contributed by atoms with Gasteiger partial charge in [-0.1, -0.05) is 64.5 Å². The van der Waals surface area contributed by atoms with Crippen molar-refractivity contribution in [2.75, 3.05) is 0 Å². The van der Waals surface area contributed by atoms with Crippen LogP contribution in [0, 0.1) is 0 Å². The molecule has 3 heteroatoms. The van der Waals surface area contributed by atoms with Crippen molar-refractivity contribution in [3.05, 3.63) is 83.3 Å². The predicted molar refractivity (Wildman–Crippen MR) is 120 cm³/mol. The number of hydrogen-bond acceptors (Lipinski definition) is 2. The van der Waals surface area contributed by atoms with Gasteiger partial charge in [-0.25, -0.2) is 0 Å². The van der Waals surface area contributed by atoms with Crippen LogP contribution < -0.4 is 0 Å². The number of rotatable bonds is 1. The topological polar surface area (TPSA) is 13.1 Å². The van der Waals surface area contributed by atoms with Gasteiger partial charge in [0.25, 0.3) is 0 Å². The zero-order valence-corrected chi connectivity index (χ0v) is 16.6. The summed E-state index contributed by atoms with van der Waals surface area (Å²) in [6, 6.07) is 27.7. The van der Waals surface area contributed by atoms with E-state index in [2.05, 4.69) is 82.7 Å². The van der Waals surface area contributed by atoms with E-state index >= 15 is 0 Å². The second-order valence-electron chi connectivity index (χ2n) is 6.67. The molecule has 0 fully saturated rings. The molecule has 0 aliphatic carbocycles. The Bertz CT molecular complexity index is 1490. The third-order valence-corrected chi connectivity index (χ3v) is 6.96. The Hall–Kier alpha value is -2.62. The maximum atomic E-state index is 6.33. The molecule has 0 aliphatic heterocycles. The van der Waals surface area contributed by atoms with Crippen molar-refractivity contribution in [2.24, 2.45) is 0 Å². The lowest BCUT2D eigenvalue weighted by Crippen LogP contribution is -1.81. The minimum Gasteiger partial charge on any atom is -0.455 e. The molecule has 6 rings (SSSR count). The maximum absolute atomic E-state index is 6.33. The Labute approximate surface area is 168 Å². The van der Waals surface area contributed by atoms with E-state index < -0.39 is 0 Å². The van der Waals surface area contributed by atoms with Gasteiger partial charge in [-0.05, 0) is 35.9 Å². The van der Waals surface area contributed by atoms with Gasteiger partial charge in [-0.15, -0.1) is 11.3 Å². The first-order valence-electron chi connectivity index (χ1n) is 8.81. The van der Waals surface area contributed by atoms with Gasteiger partial charge in [0.15, 0.2) is 0 Å². The van der Waals surface area contributed by atoms with Crippen LogP contribution in [0.5, 0.6) is 0 Å². The van der Waals surface area contributed by atoms with Crippen LogP contribution in [0.3, 0.4) is 0 Å². The molecule has 4 aromatic carbocycles. The lowest BCUT2D eigenvalue weighted by molar-refractivity contribution is 0.670. The molecule has 0 saturated carbocycles. The summed E-state index contributed by atoms with van der Waals surface area (Å²) in [5, 5.41) is 4.89. The third-order valence-electron chi connectivity index (χ3n) is 5.17. The molecular formula is C24H13BrOS. The van der Waals surface area contributed by atoms with Gasteiger partial charge >= 0.3 is 0 Å². The molecule has 0 atom stereocenters. The minimum absolute atomic E-state index is 0.919. The van der Waals surface area contributed by atoms with Crippen LogP contribution in [0.2, 0.25) is 0 Å². The fraction of sp³-hybridized carbons (Fsp3) is 0. The summed E-state index contributed by atoms with van der Waals surface area (Å²) >= 11 is 5.57. The van der Waals surface area contributed by atoms with Crippen molar-refractivity contribution in [3.8, 4) is 11.1 Å². The van der Waals surface area contributed by atoms with E-state index in [0.717, 1.165) is 32.0 Å². The number of fused-ring (bicyclic) bond motifs is 6. The van der Waals surface area contributed by atoms with Gasteiger partial charge in [-0.3, -0.25) is 0 Å². The summed E-state index contributed by atoms with van der Waals surface area (Å²) in [4.78, 5) is 0. The second-order valence-corrected chi connectivity index (χ2v) is 8.61. The number of hydrogen-bond donors (Lipinski definition) is 0. The molecule has 6 aromatic rings. The van der Waals surface area contributed by atoms with E-state index in [-0.39, 0.29) is 0 Å². The molecule has 0 N–H and O–H groups in total. The molecule has 27 heavy (non-hydrogen) atoms. The summed E-state index contributed by atoms with van der Waals surface area (Å²) in [5.74, 6) is 0. The van der Waals surface area contributed by atoms with Crippen molar-refractivity contribution >= 4 is 69.4 Å².